The van der Waals surface area contributed by atoms with Gasteiger partial charge in [0.15, 0.2) is 23.5 Å². The topological polar surface area (TPSA) is 45.0 Å². The summed E-state index contributed by atoms with van der Waals surface area (Å²) in [5.74, 6) is -2.03. The molecule has 0 aliphatic heterocycles. The monoisotopic (exact) mass is 268 g/mol. The Kier molecular flexibility index (Phi) is 6.23. The lowest BCUT2D eigenvalue weighted by Crippen LogP contribution is -2.16. The van der Waals surface area contributed by atoms with E-state index in [1.807, 2.05) is 13.0 Å². The summed E-state index contributed by atoms with van der Waals surface area (Å²) in [4.78, 5) is 0. The zero-order valence-corrected chi connectivity index (χ0v) is 11.2. The largest absolute Gasteiger partial charge is 0.469 e. The molecule has 0 aliphatic rings. The highest BCUT2D eigenvalue weighted by molar-refractivity contribution is 5.32. The molecular formula is C14H18F2N2O. The Balaban J connectivity index is 2.82. The van der Waals surface area contributed by atoms with Gasteiger partial charge in [-0.1, -0.05) is 13.8 Å². The van der Waals surface area contributed by atoms with Gasteiger partial charge in [-0.05, 0) is 37.1 Å². The molecule has 0 saturated heterocycles. The summed E-state index contributed by atoms with van der Waals surface area (Å²) in [7, 11) is 0. The highest BCUT2D eigenvalue weighted by atomic mass is 19.1. The third-order valence-corrected chi connectivity index (χ3v) is 2.59. The van der Waals surface area contributed by atoms with E-state index in [0.717, 1.165) is 13.0 Å². The second-order valence-corrected chi connectivity index (χ2v) is 4.21. The molecule has 1 N–H and O–H groups in total. The van der Waals surface area contributed by atoms with Gasteiger partial charge in [-0.2, -0.15) is 5.26 Å². The average molecular weight is 268 g/mol. The van der Waals surface area contributed by atoms with E-state index in [-0.39, 0.29) is 0 Å². The van der Waals surface area contributed by atoms with E-state index in [0.29, 0.717) is 18.5 Å². The second kappa shape index (κ2) is 7.70. The first-order valence-corrected chi connectivity index (χ1v) is 6.37. The highest BCUT2D eigenvalue weighted by Gasteiger charge is 2.16. The minimum absolute atomic E-state index is 0.370. The van der Waals surface area contributed by atoms with Gasteiger partial charge in [0, 0.05) is 6.54 Å². The Morgan fingerprint density at radius 1 is 1.32 bits per heavy atom. The number of halogens is 2. The third-order valence-electron chi connectivity index (χ3n) is 2.59. The number of hydrogen-bond acceptors (Lipinski definition) is 3. The quantitative estimate of drug-likeness (QED) is 0.773. The first kappa shape index (κ1) is 15.4. The van der Waals surface area contributed by atoms with E-state index in [1.54, 1.807) is 6.92 Å². The lowest BCUT2D eigenvalue weighted by molar-refractivity contribution is 0.228. The Morgan fingerprint density at radius 2 is 1.95 bits per heavy atom. The van der Waals surface area contributed by atoms with Crippen LogP contribution in [0.1, 0.15) is 32.3 Å². The van der Waals surface area contributed by atoms with Crippen molar-refractivity contribution in [1.82, 2.24) is 5.32 Å². The van der Waals surface area contributed by atoms with Crippen LogP contribution in [0.3, 0.4) is 0 Å². The predicted octanol–water partition coefficient (Wildman–Crippen LogP) is 3.15. The molecular weight excluding hydrogens is 250 g/mol. The molecule has 1 rings (SSSR count). The molecule has 0 heterocycles. The molecule has 1 aromatic carbocycles. The molecule has 1 aromatic rings. The molecule has 0 amide bonds. The van der Waals surface area contributed by atoms with Crippen molar-refractivity contribution >= 4 is 0 Å². The summed E-state index contributed by atoms with van der Waals surface area (Å²) >= 11 is 0. The van der Waals surface area contributed by atoms with Crippen molar-refractivity contribution in [3.63, 3.8) is 0 Å². The first-order chi connectivity index (χ1) is 9.12. The molecule has 0 spiro atoms. The molecule has 0 fully saturated rings. The van der Waals surface area contributed by atoms with Gasteiger partial charge in [-0.15, -0.1) is 0 Å². The molecule has 19 heavy (non-hydrogen) atoms. The zero-order chi connectivity index (χ0) is 14.3. The molecule has 5 heteroatoms. The Labute approximate surface area is 112 Å². The van der Waals surface area contributed by atoms with Gasteiger partial charge < -0.3 is 10.1 Å². The van der Waals surface area contributed by atoms with E-state index >= 15 is 0 Å². The van der Waals surface area contributed by atoms with E-state index in [2.05, 4.69) is 5.32 Å². The van der Waals surface area contributed by atoms with Crippen molar-refractivity contribution in [2.75, 3.05) is 6.54 Å². The summed E-state index contributed by atoms with van der Waals surface area (Å²) in [5.41, 5.74) is 0.515. The van der Waals surface area contributed by atoms with Crippen molar-refractivity contribution in [1.29, 1.82) is 5.26 Å². The van der Waals surface area contributed by atoms with Gasteiger partial charge in [-0.25, -0.2) is 8.78 Å². The van der Waals surface area contributed by atoms with Crippen LogP contribution >= 0.6 is 0 Å². The van der Waals surface area contributed by atoms with Crippen molar-refractivity contribution in [3.8, 4) is 11.8 Å². The summed E-state index contributed by atoms with van der Waals surface area (Å²) in [6.07, 6.45) is 0.481. The van der Waals surface area contributed by atoms with Gasteiger partial charge in [0.05, 0.1) is 0 Å². The first-order valence-electron chi connectivity index (χ1n) is 6.37. The Bertz CT molecular complexity index is 434. The fourth-order valence-corrected chi connectivity index (χ4v) is 1.58. The molecule has 0 aliphatic carbocycles. The highest BCUT2D eigenvalue weighted by Crippen LogP contribution is 2.24. The van der Waals surface area contributed by atoms with Crippen LogP contribution in [0.25, 0.3) is 0 Å². The number of hydrogen-bond donors (Lipinski definition) is 1. The van der Waals surface area contributed by atoms with Gasteiger partial charge >= 0.3 is 0 Å². The summed E-state index contributed by atoms with van der Waals surface area (Å²) in [6.45, 7) is 4.91. The molecule has 0 radical (unpaired) electrons. The van der Waals surface area contributed by atoms with Crippen molar-refractivity contribution in [2.24, 2.45) is 0 Å². The van der Waals surface area contributed by atoms with Gasteiger partial charge in [0.2, 0.25) is 0 Å². The molecule has 0 bridgehead atoms. The van der Waals surface area contributed by atoms with Crippen LogP contribution in [0.2, 0.25) is 0 Å². The molecule has 1 atom stereocenters. The number of benzene rings is 1. The fourth-order valence-electron chi connectivity index (χ4n) is 1.58. The lowest BCUT2D eigenvalue weighted by Gasteiger charge is -2.13. The zero-order valence-electron chi connectivity index (χ0n) is 11.2. The van der Waals surface area contributed by atoms with Gasteiger partial charge in [-0.3, -0.25) is 0 Å². The Hall–Kier alpha value is -1.67. The minimum Gasteiger partial charge on any atom is -0.469 e. The van der Waals surface area contributed by atoms with Crippen LogP contribution in [0.5, 0.6) is 5.75 Å². The number of nitrogens with zero attached hydrogens (tertiary/aromatic N) is 1. The van der Waals surface area contributed by atoms with Crippen molar-refractivity contribution < 1.29 is 13.5 Å². The maximum absolute atomic E-state index is 13.8. The molecule has 0 aromatic heterocycles. The maximum atomic E-state index is 13.8. The minimum atomic E-state index is -0.840. The van der Waals surface area contributed by atoms with Crippen molar-refractivity contribution in [3.05, 3.63) is 29.3 Å². The molecule has 3 nitrogen and oxygen atoms in total. The van der Waals surface area contributed by atoms with E-state index < -0.39 is 23.5 Å². The van der Waals surface area contributed by atoms with Crippen LogP contribution in [-0.2, 0) is 6.54 Å². The average Bonchev–Trinajstić information content (AvgIpc) is 2.39. The van der Waals surface area contributed by atoms with Crippen LogP contribution in [0.15, 0.2) is 12.1 Å². The van der Waals surface area contributed by atoms with Gasteiger partial charge in [0.25, 0.3) is 0 Å². The normalized spacial score (nSPS) is 11.9. The number of nitrogens with one attached hydrogen (secondary N) is 1. The maximum Gasteiger partial charge on any atom is 0.192 e. The van der Waals surface area contributed by atoms with E-state index in [4.69, 9.17) is 10.00 Å². The number of nitriles is 1. The summed E-state index contributed by atoms with van der Waals surface area (Å²) in [5, 5.41) is 11.8. The lowest BCUT2D eigenvalue weighted by atomic mass is 10.2. The predicted molar refractivity (Wildman–Crippen MR) is 68.7 cm³/mol. The fraction of sp³-hybridized carbons (Fsp3) is 0.500. The molecule has 1 unspecified atom stereocenters. The van der Waals surface area contributed by atoms with E-state index in [9.17, 15) is 8.78 Å². The van der Waals surface area contributed by atoms with Gasteiger partial charge in [0.1, 0.15) is 6.07 Å². The summed E-state index contributed by atoms with van der Waals surface area (Å²) < 4.78 is 32.5. The van der Waals surface area contributed by atoms with Crippen LogP contribution in [0, 0.1) is 23.0 Å². The number of ether oxygens (including phenoxy) is 1. The van der Waals surface area contributed by atoms with Crippen LogP contribution in [0.4, 0.5) is 8.78 Å². The SMILES string of the molecule is CCCNCc1cc(F)c(OC(C#N)CC)c(F)c1. The Morgan fingerprint density at radius 3 is 2.42 bits per heavy atom. The molecule has 104 valence electrons. The van der Waals surface area contributed by atoms with Crippen LogP contribution in [-0.4, -0.2) is 12.6 Å². The number of rotatable bonds is 7. The van der Waals surface area contributed by atoms with Crippen LogP contribution < -0.4 is 10.1 Å². The smallest absolute Gasteiger partial charge is 0.192 e. The van der Waals surface area contributed by atoms with Crippen molar-refractivity contribution in [2.45, 2.75) is 39.3 Å². The standard InChI is InChI=1S/C14H18F2N2O/c1-3-5-18-9-10-6-12(15)14(13(16)7-10)19-11(4-2)8-17/h6-7,11,18H,3-5,9H2,1-2H3. The summed E-state index contributed by atoms with van der Waals surface area (Å²) in [6, 6.07) is 4.30. The van der Waals surface area contributed by atoms with E-state index in [1.165, 1.54) is 12.1 Å². The molecule has 0 saturated carbocycles. The third kappa shape index (κ3) is 4.49. The second-order valence-electron chi connectivity index (χ2n) is 4.21.